The topological polar surface area (TPSA) is 57.6 Å². The Morgan fingerprint density at radius 2 is 2.04 bits per heavy atom. The first kappa shape index (κ1) is 17.2. The van der Waals surface area contributed by atoms with Gasteiger partial charge in [-0.05, 0) is 31.7 Å². The molecule has 8 heteroatoms. The first-order valence-corrected chi connectivity index (χ1v) is 10.7. The molecular weight excluding hydrogens is 360 g/mol. The van der Waals surface area contributed by atoms with E-state index < -0.39 is 0 Å². The van der Waals surface area contributed by atoms with Crippen LogP contribution in [0, 0.1) is 0 Å². The number of fused-ring (bicyclic) bond motifs is 1. The number of nitrogens with zero attached hydrogens (tertiary/aromatic N) is 6. The van der Waals surface area contributed by atoms with Gasteiger partial charge in [-0.15, -0.1) is 11.3 Å². The Hall–Kier alpha value is -1.93. The molecule has 7 nitrogen and oxygen atoms in total. The first-order valence-electron chi connectivity index (χ1n) is 9.90. The highest BCUT2D eigenvalue weighted by molar-refractivity contribution is 7.15. The lowest BCUT2D eigenvalue weighted by molar-refractivity contribution is 0.122. The fraction of sp³-hybridized carbons (Fsp3) is 0.632. The van der Waals surface area contributed by atoms with Gasteiger partial charge in [0, 0.05) is 50.3 Å². The second-order valence-electron chi connectivity index (χ2n) is 7.53. The molecule has 1 atom stereocenters. The van der Waals surface area contributed by atoms with Crippen LogP contribution in [-0.4, -0.2) is 67.4 Å². The third kappa shape index (κ3) is 3.36. The lowest BCUT2D eigenvalue weighted by Crippen LogP contribution is -2.38. The Labute approximate surface area is 164 Å². The number of aromatic nitrogens is 3. The van der Waals surface area contributed by atoms with Crippen molar-refractivity contribution in [1.29, 1.82) is 0 Å². The van der Waals surface area contributed by atoms with Crippen LogP contribution in [0.5, 0.6) is 0 Å². The number of anilines is 3. The van der Waals surface area contributed by atoms with Crippen LogP contribution in [0.1, 0.15) is 23.4 Å². The summed E-state index contributed by atoms with van der Waals surface area (Å²) in [5, 5.41) is 1.22. The average molecular weight is 387 g/mol. The Balaban J connectivity index is 1.27. The molecule has 1 unspecified atom stereocenters. The van der Waals surface area contributed by atoms with Gasteiger partial charge in [0.15, 0.2) is 5.13 Å². The molecule has 0 bridgehead atoms. The standard InChI is InChI=1S/C19H26N6OS/c1-23(17-5-7-20-18(22-17)24-9-11-26-12-10-24)14-6-8-25(13-14)19-21-15-3-2-4-16(15)27-19/h5,7,14H,2-4,6,8-13H2,1H3. The molecule has 1 aliphatic carbocycles. The van der Waals surface area contributed by atoms with E-state index in [1.165, 1.54) is 28.5 Å². The van der Waals surface area contributed by atoms with E-state index in [0.29, 0.717) is 6.04 Å². The van der Waals surface area contributed by atoms with Gasteiger partial charge in [-0.25, -0.2) is 9.97 Å². The maximum atomic E-state index is 5.44. The first-order chi connectivity index (χ1) is 13.3. The Bertz CT molecular complexity index is 784. The largest absolute Gasteiger partial charge is 0.378 e. The van der Waals surface area contributed by atoms with Crippen molar-refractivity contribution in [3.63, 3.8) is 0 Å². The van der Waals surface area contributed by atoms with Crippen LogP contribution in [-0.2, 0) is 17.6 Å². The Morgan fingerprint density at radius 1 is 1.15 bits per heavy atom. The Morgan fingerprint density at radius 3 is 2.89 bits per heavy atom. The molecule has 2 saturated heterocycles. The van der Waals surface area contributed by atoms with Crippen LogP contribution in [0.4, 0.5) is 16.9 Å². The lowest BCUT2D eigenvalue weighted by atomic mass is 10.2. The lowest BCUT2D eigenvalue weighted by Gasteiger charge is -2.29. The minimum Gasteiger partial charge on any atom is -0.378 e. The number of hydrogen-bond acceptors (Lipinski definition) is 8. The molecule has 0 amide bonds. The predicted octanol–water partition coefficient (Wildman–Crippen LogP) is 1.97. The van der Waals surface area contributed by atoms with Crippen molar-refractivity contribution in [2.75, 3.05) is 61.1 Å². The molecule has 144 valence electrons. The minimum absolute atomic E-state index is 0.455. The van der Waals surface area contributed by atoms with Gasteiger partial charge in [0.05, 0.1) is 18.9 Å². The number of thiazole rings is 1. The summed E-state index contributed by atoms with van der Waals surface area (Å²) in [5.74, 6) is 1.81. The number of likely N-dealkylation sites (N-methyl/N-ethyl adjacent to an activating group) is 1. The van der Waals surface area contributed by atoms with E-state index in [1.807, 2.05) is 23.6 Å². The fourth-order valence-corrected chi connectivity index (χ4v) is 5.37. The number of rotatable bonds is 4. The zero-order chi connectivity index (χ0) is 18.2. The molecule has 27 heavy (non-hydrogen) atoms. The maximum Gasteiger partial charge on any atom is 0.227 e. The van der Waals surface area contributed by atoms with Crippen LogP contribution in [0.15, 0.2) is 12.3 Å². The van der Waals surface area contributed by atoms with Gasteiger partial charge < -0.3 is 19.4 Å². The predicted molar refractivity (Wildman–Crippen MR) is 108 cm³/mol. The zero-order valence-electron chi connectivity index (χ0n) is 15.8. The quantitative estimate of drug-likeness (QED) is 0.796. The van der Waals surface area contributed by atoms with Gasteiger partial charge in [-0.3, -0.25) is 0 Å². The van der Waals surface area contributed by atoms with E-state index in [2.05, 4.69) is 26.7 Å². The molecule has 2 aliphatic heterocycles. The van der Waals surface area contributed by atoms with Gasteiger partial charge in [0.25, 0.3) is 0 Å². The fourth-order valence-electron chi connectivity index (χ4n) is 4.18. The van der Waals surface area contributed by atoms with Crippen molar-refractivity contribution >= 4 is 28.2 Å². The van der Waals surface area contributed by atoms with E-state index >= 15 is 0 Å². The summed E-state index contributed by atoms with van der Waals surface area (Å²) < 4.78 is 5.44. The highest BCUT2D eigenvalue weighted by atomic mass is 32.1. The molecule has 3 aliphatic rings. The molecule has 2 fully saturated rings. The molecule has 2 aromatic heterocycles. The van der Waals surface area contributed by atoms with E-state index in [-0.39, 0.29) is 0 Å². The summed E-state index contributed by atoms with van der Waals surface area (Å²) in [6.07, 6.45) is 6.67. The summed E-state index contributed by atoms with van der Waals surface area (Å²) in [4.78, 5) is 22.7. The zero-order valence-corrected chi connectivity index (χ0v) is 16.6. The highest BCUT2D eigenvalue weighted by Gasteiger charge is 2.30. The van der Waals surface area contributed by atoms with Crippen LogP contribution >= 0.6 is 11.3 Å². The van der Waals surface area contributed by atoms with Crippen LogP contribution < -0.4 is 14.7 Å². The molecule has 4 heterocycles. The molecule has 0 spiro atoms. The molecule has 0 aromatic carbocycles. The average Bonchev–Trinajstić information content (AvgIpc) is 3.44. The molecule has 0 radical (unpaired) electrons. The normalized spacial score (nSPS) is 22.3. The van der Waals surface area contributed by atoms with Crippen molar-refractivity contribution in [1.82, 2.24) is 15.0 Å². The Kier molecular flexibility index (Phi) is 4.61. The number of aryl methyl sites for hydroxylation is 2. The van der Waals surface area contributed by atoms with Crippen LogP contribution in [0.2, 0.25) is 0 Å². The van der Waals surface area contributed by atoms with Gasteiger partial charge in [-0.2, -0.15) is 4.98 Å². The molecule has 2 aromatic rings. The van der Waals surface area contributed by atoms with E-state index in [1.54, 1.807) is 0 Å². The van der Waals surface area contributed by atoms with Crippen LogP contribution in [0.25, 0.3) is 0 Å². The SMILES string of the molecule is CN(c1ccnc(N2CCOCC2)n1)C1CCN(c2nc3c(s2)CCC3)C1. The number of morpholine rings is 1. The third-order valence-electron chi connectivity index (χ3n) is 5.85. The summed E-state index contributed by atoms with van der Waals surface area (Å²) in [7, 11) is 2.15. The summed E-state index contributed by atoms with van der Waals surface area (Å²) >= 11 is 1.90. The van der Waals surface area contributed by atoms with Gasteiger partial charge in [0.1, 0.15) is 5.82 Å². The van der Waals surface area contributed by atoms with Crippen molar-refractivity contribution in [2.24, 2.45) is 0 Å². The second-order valence-corrected chi connectivity index (χ2v) is 8.60. The number of hydrogen-bond donors (Lipinski definition) is 0. The minimum atomic E-state index is 0.455. The molecule has 5 rings (SSSR count). The number of ether oxygens (including phenoxy) is 1. The molecule has 0 saturated carbocycles. The third-order valence-corrected chi connectivity index (χ3v) is 7.07. The van der Waals surface area contributed by atoms with E-state index in [0.717, 1.165) is 64.0 Å². The van der Waals surface area contributed by atoms with Crippen LogP contribution in [0.3, 0.4) is 0 Å². The summed E-state index contributed by atoms with van der Waals surface area (Å²) in [6, 6.07) is 2.47. The van der Waals surface area contributed by atoms with Crippen molar-refractivity contribution in [3.8, 4) is 0 Å². The van der Waals surface area contributed by atoms with Gasteiger partial charge >= 0.3 is 0 Å². The van der Waals surface area contributed by atoms with E-state index in [4.69, 9.17) is 14.7 Å². The molecule has 0 N–H and O–H groups in total. The smallest absolute Gasteiger partial charge is 0.227 e. The summed E-state index contributed by atoms with van der Waals surface area (Å²) in [5.41, 5.74) is 1.35. The van der Waals surface area contributed by atoms with Gasteiger partial charge in [0.2, 0.25) is 5.95 Å². The second kappa shape index (κ2) is 7.24. The highest BCUT2D eigenvalue weighted by Crippen LogP contribution is 2.34. The molecular formula is C19H26N6OS. The van der Waals surface area contributed by atoms with Crippen molar-refractivity contribution in [2.45, 2.75) is 31.7 Å². The maximum absolute atomic E-state index is 5.44. The van der Waals surface area contributed by atoms with Crippen molar-refractivity contribution in [3.05, 3.63) is 22.8 Å². The van der Waals surface area contributed by atoms with E-state index in [9.17, 15) is 0 Å². The monoisotopic (exact) mass is 386 g/mol. The van der Waals surface area contributed by atoms with Crippen molar-refractivity contribution < 1.29 is 4.74 Å². The summed E-state index contributed by atoms with van der Waals surface area (Å²) in [6.45, 7) is 5.30. The van der Waals surface area contributed by atoms with Gasteiger partial charge in [-0.1, -0.05) is 0 Å².